The molecule has 0 aromatic heterocycles. The fraction of sp³-hybridized carbons (Fsp3) is 0.333. The maximum Gasteiger partial charge on any atom is 0.337 e. The number of methoxy groups -OCH3 is 1. The first kappa shape index (κ1) is 18.8. The third-order valence-electron chi connectivity index (χ3n) is 4.96. The number of hydrogen-bond acceptors (Lipinski definition) is 4. The van der Waals surface area contributed by atoms with Crippen LogP contribution in [0.1, 0.15) is 40.5 Å². The van der Waals surface area contributed by atoms with Crippen molar-refractivity contribution in [2.45, 2.75) is 19.8 Å². The lowest BCUT2D eigenvalue weighted by Crippen LogP contribution is -2.33. The van der Waals surface area contributed by atoms with Crippen molar-refractivity contribution < 1.29 is 19.4 Å². The zero-order valence-electron chi connectivity index (χ0n) is 15.6. The van der Waals surface area contributed by atoms with Crippen molar-refractivity contribution in [2.75, 3.05) is 30.4 Å². The Morgan fingerprint density at radius 1 is 1.11 bits per heavy atom. The van der Waals surface area contributed by atoms with Crippen LogP contribution in [0.15, 0.2) is 42.5 Å². The summed E-state index contributed by atoms with van der Waals surface area (Å²) in [5.41, 5.74) is 1.85. The number of rotatable bonds is 5. The Morgan fingerprint density at radius 3 is 2.37 bits per heavy atom. The standard InChI is InChI=1S/C21H24N2O4/c1-14-9-11-23(12-10-14)19-8-5-16(13-18(19)21(25)26)22-20(24)15-3-6-17(27-2)7-4-15/h3-8,13-14H,9-12H2,1-2H3,(H,22,24)(H,25,26). The molecule has 0 spiro atoms. The zero-order valence-corrected chi connectivity index (χ0v) is 15.6. The number of nitrogens with zero attached hydrogens (tertiary/aromatic N) is 1. The van der Waals surface area contributed by atoms with Crippen LogP contribution in [-0.4, -0.2) is 37.2 Å². The van der Waals surface area contributed by atoms with E-state index in [0.717, 1.165) is 25.9 Å². The number of ether oxygens (including phenoxy) is 1. The van der Waals surface area contributed by atoms with Gasteiger partial charge in [0.25, 0.3) is 5.91 Å². The average molecular weight is 368 g/mol. The maximum absolute atomic E-state index is 12.4. The van der Waals surface area contributed by atoms with Crippen LogP contribution < -0.4 is 15.0 Å². The highest BCUT2D eigenvalue weighted by molar-refractivity contribution is 6.05. The number of hydrogen-bond donors (Lipinski definition) is 2. The Bertz CT molecular complexity index is 825. The van der Waals surface area contributed by atoms with Crippen molar-refractivity contribution in [2.24, 2.45) is 5.92 Å². The summed E-state index contributed by atoms with van der Waals surface area (Å²) in [6, 6.07) is 11.8. The Balaban J connectivity index is 1.79. The molecule has 142 valence electrons. The number of aromatic carboxylic acids is 1. The molecule has 0 atom stereocenters. The molecular formula is C21H24N2O4. The molecule has 1 aliphatic rings. The van der Waals surface area contributed by atoms with Gasteiger partial charge in [-0.05, 0) is 61.2 Å². The minimum Gasteiger partial charge on any atom is -0.497 e. The van der Waals surface area contributed by atoms with Crippen LogP contribution in [0.5, 0.6) is 5.75 Å². The summed E-state index contributed by atoms with van der Waals surface area (Å²) < 4.78 is 5.09. The van der Waals surface area contributed by atoms with Gasteiger partial charge in [0, 0.05) is 24.3 Å². The second kappa shape index (κ2) is 8.12. The highest BCUT2D eigenvalue weighted by Crippen LogP contribution is 2.29. The Morgan fingerprint density at radius 2 is 1.78 bits per heavy atom. The van der Waals surface area contributed by atoms with E-state index in [1.807, 2.05) is 0 Å². The van der Waals surface area contributed by atoms with Crippen LogP contribution >= 0.6 is 0 Å². The molecule has 6 nitrogen and oxygen atoms in total. The summed E-state index contributed by atoms with van der Waals surface area (Å²) in [5.74, 6) is 0.0372. The molecule has 1 heterocycles. The Kier molecular flexibility index (Phi) is 5.64. The molecule has 27 heavy (non-hydrogen) atoms. The number of carbonyl (C=O) groups excluding carboxylic acids is 1. The van der Waals surface area contributed by atoms with Crippen LogP contribution in [0.4, 0.5) is 11.4 Å². The van der Waals surface area contributed by atoms with Gasteiger partial charge in [-0.15, -0.1) is 0 Å². The molecule has 0 unspecified atom stereocenters. The van der Waals surface area contributed by atoms with E-state index in [4.69, 9.17) is 4.74 Å². The molecule has 0 saturated carbocycles. The van der Waals surface area contributed by atoms with Crippen LogP contribution in [0.2, 0.25) is 0 Å². The van der Waals surface area contributed by atoms with Crippen molar-refractivity contribution in [3.05, 3.63) is 53.6 Å². The van der Waals surface area contributed by atoms with E-state index in [0.29, 0.717) is 28.6 Å². The van der Waals surface area contributed by atoms with Crippen LogP contribution in [-0.2, 0) is 0 Å². The third kappa shape index (κ3) is 4.39. The number of benzene rings is 2. The molecule has 1 amide bonds. The van der Waals surface area contributed by atoms with E-state index in [1.165, 1.54) is 6.07 Å². The Hall–Kier alpha value is -3.02. The molecule has 6 heteroatoms. The van der Waals surface area contributed by atoms with Crippen LogP contribution in [0.3, 0.4) is 0 Å². The summed E-state index contributed by atoms with van der Waals surface area (Å²) >= 11 is 0. The van der Waals surface area contributed by atoms with Crippen molar-refractivity contribution in [1.29, 1.82) is 0 Å². The van der Waals surface area contributed by atoms with Gasteiger partial charge < -0.3 is 20.1 Å². The van der Waals surface area contributed by atoms with Gasteiger partial charge in [0.2, 0.25) is 0 Å². The predicted octanol–water partition coefficient (Wildman–Crippen LogP) is 3.88. The number of anilines is 2. The number of amides is 1. The summed E-state index contributed by atoms with van der Waals surface area (Å²) in [4.78, 5) is 26.3. The van der Waals surface area contributed by atoms with Gasteiger partial charge in [0.05, 0.1) is 18.4 Å². The number of nitrogens with one attached hydrogen (secondary N) is 1. The van der Waals surface area contributed by atoms with Crippen molar-refractivity contribution in [1.82, 2.24) is 0 Å². The number of carboxylic acid groups (broad SMARTS) is 1. The summed E-state index contributed by atoms with van der Waals surface area (Å²) in [6.45, 7) is 3.91. The summed E-state index contributed by atoms with van der Waals surface area (Å²) in [6.07, 6.45) is 2.10. The van der Waals surface area contributed by atoms with Crippen molar-refractivity contribution >= 4 is 23.3 Å². The molecule has 1 saturated heterocycles. The minimum atomic E-state index is -0.996. The van der Waals surface area contributed by atoms with Gasteiger partial charge in [-0.1, -0.05) is 6.92 Å². The first-order valence-electron chi connectivity index (χ1n) is 9.05. The van der Waals surface area contributed by atoms with Crippen molar-refractivity contribution in [3.63, 3.8) is 0 Å². The summed E-state index contributed by atoms with van der Waals surface area (Å²) in [5, 5.41) is 12.4. The smallest absolute Gasteiger partial charge is 0.337 e. The van der Waals surface area contributed by atoms with E-state index in [2.05, 4.69) is 17.1 Å². The maximum atomic E-state index is 12.4. The largest absolute Gasteiger partial charge is 0.497 e. The quantitative estimate of drug-likeness (QED) is 0.837. The van der Waals surface area contributed by atoms with Gasteiger partial charge in [0.15, 0.2) is 0 Å². The Labute approximate surface area is 158 Å². The lowest BCUT2D eigenvalue weighted by Gasteiger charge is -2.33. The molecule has 2 aromatic rings. The monoisotopic (exact) mass is 368 g/mol. The molecule has 2 N–H and O–H groups in total. The van der Waals surface area contributed by atoms with Gasteiger partial charge in [-0.2, -0.15) is 0 Å². The molecule has 0 radical (unpaired) electrons. The SMILES string of the molecule is COc1ccc(C(=O)Nc2ccc(N3CCC(C)CC3)c(C(=O)O)c2)cc1. The second-order valence-electron chi connectivity index (χ2n) is 6.89. The number of carboxylic acids is 1. The lowest BCUT2D eigenvalue weighted by molar-refractivity contribution is 0.0697. The first-order chi connectivity index (χ1) is 13.0. The fourth-order valence-corrected chi connectivity index (χ4v) is 3.26. The lowest BCUT2D eigenvalue weighted by atomic mass is 9.98. The van der Waals surface area contributed by atoms with E-state index < -0.39 is 5.97 Å². The van der Waals surface area contributed by atoms with Crippen molar-refractivity contribution in [3.8, 4) is 5.75 Å². The molecule has 1 aliphatic heterocycles. The van der Waals surface area contributed by atoms with E-state index in [-0.39, 0.29) is 11.5 Å². The van der Waals surface area contributed by atoms with E-state index >= 15 is 0 Å². The zero-order chi connectivity index (χ0) is 19.4. The topological polar surface area (TPSA) is 78.9 Å². The van der Waals surface area contributed by atoms with Gasteiger partial charge in [0.1, 0.15) is 5.75 Å². The second-order valence-corrected chi connectivity index (χ2v) is 6.89. The van der Waals surface area contributed by atoms with Crippen LogP contribution in [0.25, 0.3) is 0 Å². The highest BCUT2D eigenvalue weighted by atomic mass is 16.5. The van der Waals surface area contributed by atoms with Crippen LogP contribution in [0, 0.1) is 5.92 Å². The first-order valence-corrected chi connectivity index (χ1v) is 9.05. The molecule has 3 rings (SSSR count). The van der Waals surface area contributed by atoms with E-state index in [1.54, 1.807) is 43.5 Å². The molecule has 2 aromatic carbocycles. The van der Waals surface area contributed by atoms with Gasteiger partial charge in [-0.3, -0.25) is 4.79 Å². The number of piperidine rings is 1. The minimum absolute atomic E-state index is 0.206. The average Bonchev–Trinajstić information content (AvgIpc) is 2.68. The molecular weight excluding hydrogens is 344 g/mol. The normalized spacial score (nSPS) is 14.7. The van der Waals surface area contributed by atoms with Gasteiger partial charge in [-0.25, -0.2) is 4.79 Å². The number of carbonyl (C=O) groups is 2. The summed E-state index contributed by atoms with van der Waals surface area (Å²) in [7, 11) is 1.56. The third-order valence-corrected chi connectivity index (χ3v) is 4.96. The molecule has 0 bridgehead atoms. The molecule has 1 fully saturated rings. The van der Waals surface area contributed by atoms with Gasteiger partial charge >= 0.3 is 5.97 Å². The van der Waals surface area contributed by atoms with E-state index in [9.17, 15) is 14.7 Å². The highest BCUT2D eigenvalue weighted by Gasteiger charge is 2.21. The fourth-order valence-electron chi connectivity index (χ4n) is 3.26. The predicted molar refractivity (Wildman–Crippen MR) is 105 cm³/mol. The molecule has 0 aliphatic carbocycles.